The van der Waals surface area contributed by atoms with Gasteiger partial charge in [-0.25, -0.2) is 0 Å². The SMILES string of the molecule is CS[C@@H](C)C(=O)NCCN(C(C)C)C1CC1. The maximum absolute atomic E-state index is 11.6. The summed E-state index contributed by atoms with van der Waals surface area (Å²) >= 11 is 1.59. The molecule has 0 aliphatic heterocycles. The van der Waals surface area contributed by atoms with Crippen molar-refractivity contribution in [3.8, 4) is 0 Å². The fraction of sp³-hybridized carbons (Fsp3) is 0.917. The standard InChI is InChI=1S/C12H24N2OS/c1-9(2)14(11-5-6-11)8-7-13-12(15)10(3)16-4/h9-11H,5-8H2,1-4H3,(H,13,15)/t10-/m0/s1. The molecule has 1 saturated carbocycles. The van der Waals surface area contributed by atoms with E-state index in [1.807, 2.05) is 13.2 Å². The Kier molecular flexibility index (Phi) is 5.62. The average molecular weight is 244 g/mol. The Labute approximate surface area is 103 Å². The first-order valence-corrected chi connectivity index (χ1v) is 7.41. The van der Waals surface area contributed by atoms with E-state index in [-0.39, 0.29) is 11.2 Å². The number of rotatable bonds is 7. The van der Waals surface area contributed by atoms with Gasteiger partial charge in [0.2, 0.25) is 5.91 Å². The topological polar surface area (TPSA) is 32.3 Å². The van der Waals surface area contributed by atoms with Crippen LogP contribution in [0.1, 0.15) is 33.6 Å². The molecule has 0 heterocycles. The lowest BCUT2D eigenvalue weighted by Gasteiger charge is -2.26. The van der Waals surface area contributed by atoms with E-state index in [0.717, 1.165) is 19.1 Å². The first-order chi connectivity index (χ1) is 7.56. The van der Waals surface area contributed by atoms with Gasteiger partial charge < -0.3 is 5.32 Å². The van der Waals surface area contributed by atoms with Gasteiger partial charge in [-0.2, -0.15) is 11.8 Å². The van der Waals surface area contributed by atoms with E-state index in [2.05, 4.69) is 24.1 Å². The largest absolute Gasteiger partial charge is 0.354 e. The molecule has 0 radical (unpaired) electrons. The lowest BCUT2D eigenvalue weighted by Crippen LogP contribution is -2.41. The number of nitrogens with one attached hydrogen (secondary N) is 1. The smallest absolute Gasteiger partial charge is 0.232 e. The van der Waals surface area contributed by atoms with E-state index >= 15 is 0 Å². The van der Waals surface area contributed by atoms with Crippen molar-refractivity contribution in [3.05, 3.63) is 0 Å². The molecule has 0 unspecified atom stereocenters. The van der Waals surface area contributed by atoms with E-state index in [0.29, 0.717) is 6.04 Å². The molecule has 1 aliphatic carbocycles. The minimum atomic E-state index is 0.0634. The molecule has 1 fully saturated rings. The van der Waals surface area contributed by atoms with Crippen molar-refractivity contribution in [1.82, 2.24) is 10.2 Å². The van der Waals surface area contributed by atoms with Gasteiger partial charge in [0.05, 0.1) is 5.25 Å². The molecule has 0 aromatic heterocycles. The molecule has 16 heavy (non-hydrogen) atoms. The Balaban J connectivity index is 2.20. The van der Waals surface area contributed by atoms with Gasteiger partial charge in [-0.15, -0.1) is 0 Å². The maximum Gasteiger partial charge on any atom is 0.232 e. The van der Waals surface area contributed by atoms with E-state index < -0.39 is 0 Å². The minimum absolute atomic E-state index is 0.0634. The molecular formula is C12H24N2OS. The van der Waals surface area contributed by atoms with Crippen LogP contribution in [0.2, 0.25) is 0 Å². The Bertz CT molecular complexity index is 227. The van der Waals surface area contributed by atoms with Crippen molar-refractivity contribution >= 4 is 17.7 Å². The van der Waals surface area contributed by atoms with Crippen LogP contribution in [0.25, 0.3) is 0 Å². The van der Waals surface area contributed by atoms with Gasteiger partial charge >= 0.3 is 0 Å². The number of carbonyl (C=O) groups excluding carboxylic acids is 1. The highest BCUT2D eigenvalue weighted by molar-refractivity contribution is 7.99. The summed E-state index contributed by atoms with van der Waals surface area (Å²) in [5.74, 6) is 0.159. The molecule has 1 aliphatic rings. The monoisotopic (exact) mass is 244 g/mol. The summed E-state index contributed by atoms with van der Waals surface area (Å²) in [5, 5.41) is 3.06. The second-order valence-corrected chi connectivity index (χ2v) is 5.91. The summed E-state index contributed by atoms with van der Waals surface area (Å²) in [6.45, 7) is 8.16. The maximum atomic E-state index is 11.6. The van der Waals surface area contributed by atoms with Crippen molar-refractivity contribution in [2.75, 3.05) is 19.3 Å². The van der Waals surface area contributed by atoms with E-state index in [9.17, 15) is 4.79 Å². The fourth-order valence-corrected chi connectivity index (χ4v) is 2.12. The number of nitrogens with zero attached hydrogens (tertiary/aromatic N) is 1. The number of carbonyl (C=O) groups is 1. The van der Waals surface area contributed by atoms with Crippen molar-refractivity contribution in [2.45, 2.75) is 50.9 Å². The predicted octanol–water partition coefficient (Wildman–Crippen LogP) is 1.73. The molecule has 1 N–H and O–H groups in total. The van der Waals surface area contributed by atoms with Gasteiger partial charge in [-0.1, -0.05) is 0 Å². The van der Waals surface area contributed by atoms with Gasteiger partial charge in [0.25, 0.3) is 0 Å². The molecule has 0 aromatic rings. The average Bonchev–Trinajstić information content (AvgIpc) is 3.06. The highest BCUT2D eigenvalue weighted by Gasteiger charge is 2.30. The van der Waals surface area contributed by atoms with Gasteiger partial charge in [0.15, 0.2) is 0 Å². The molecule has 0 bridgehead atoms. The van der Waals surface area contributed by atoms with Crippen LogP contribution < -0.4 is 5.32 Å². The summed E-state index contributed by atoms with van der Waals surface area (Å²) in [6.07, 6.45) is 4.62. The minimum Gasteiger partial charge on any atom is -0.354 e. The summed E-state index contributed by atoms with van der Waals surface area (Å²) in [7, 11) is 0. The van der Waals surface area contributed by atoms with Crippen LogP contribution in [0.15, 0.2) is 0 Å². The van der Waals surface area contributed by atoms with Crippen molar-refractivity contribution < 1.29 is 4.79 Å². The van der Waals surface area contributed by atoms with Crippen LogP contribution in [-0.4, -0.2) is 47.5 Å². The lowest BCUT2D eigenvalue weighted by molar-refractivity contribution is -0.120. The van der Waals surface area contributed by atoms with Gasteiger partial charge in [0.1, 0.15) is 0 Å². The highest BCUT2D eigenvalue weighted by Crippen LogP contribution is 2.27. The van der Waals surface area contributed by atoms with E-state index in [4.69, 9.17) is 0 Å². The van der Waals surface area contributed by atoms with Crippen LogP contribution >= 0.6 is 11.8 Å². The predicted molar refractivity (Wildman–Crippen MR) is 70.9 cm³/mol. The first-order valence-electron chi connectivity index (χ1n) is 6.12. The summed E-state index contributed by atoms with van der Waals surface area (Å²) in [6, 6.07) is 1.36. The van der Waals surface area contributed by atoms with Crippen molar-refractivity contribution in [2.24, 2.45) is 0 Å². The molecule has 1 atom stereocenters. The van der Waals surface area contributed by atoms with Crippen LogP contribution in [0.4, 0.5) is 0 Å². The summed E-state index contributed by atoms with van der Waals surface area (Å²) in [4.78, 5) is 14.1. The zero-order chi connectivity index (χ0) is 12.1. The molecule has 3 nitrogen and oxygen atoms in total. The van der Waals surface area contributed by atoms with Crippen molar-refractivity contribution in [1.29, 1.82) is 0 Å². The third-order valence-electron chi connectivity index (χ3n) is 3.07. The second-order valence-electron chi connectivity index (χ2n) is 4.73. The van der Waals surface area contributed by atoms with E-state index in [1.165, 1.54) is 12.8 Å². The number of amides is 1. The van der Waals surface area contributed by atoms with Crippen molar-refractivity contribution in [3.63, 3.8) is 0 Å². The molecule has 1 amide bonds. The van der Waals surface area contributed by atoms with Gasteiger partial charge in [0, 0.05) is 25.2 Å². The third kappa shape index (κ3) is 4.34. The normalized spacial score (nSPS) is 17.9. The first kappa shape index (κ1) is 13.8. The van der Waals surface area contributed by atoms with Crippen LogP contribution in [0.5, 0.6) is 0 Å². The van der Waals surface area contributed by atoms with Crippen LogP contribution in [0.3, 0.4) is 0 Å². The lowest BCUT2D eigenvalue weighted by atomic mass is 10.3. The summed E-state index contributed by atoms with van der Waals surface area (Å²) < 4.78 is 0. The molecule has 0 spiro atoms. The van der Waals surface area contributed by atoms with E-state index in [1.54, 1.807) is 11.8 Å². The quantitative estimate of drug-likeness (QED) is 0.740. The zero-order valence-corrected chi connectivity index (χ0v) is 11.6. The number of hydrogen-bond acceptors (Lipinski definition) is 3. The molecule has 0 aromatic carbocycles. The Morgan fingerprint density at radius 3 is 2.50 bits per heavy atom. The molecule has 1 rings (SSSR count). The number of hydrogen-bond donors (Lipinski definition) is 1. The second kappa shape index (κ2) is 6.50. The number of thioether (sulfide) groups is 1. The van der Waals surface area contributed by atoms with Crippen LogP contribution in [0, 0.1) is 0 Å². The summed E-state index contributed by atoms with van der Waals surface area (Å²) in [5.41, 5.74) is 0. The molecule has 94 valence electrons. The Morgan fingerprint density at radius 1 is 1.44 bits per heavy atom. The Hall–Kier alpha value is -0.220. The molecule has 0 saturated heterocycles. The zero-order valence-electron chi connectivity index (χ0n) is 10.8. The Morgan fingerprint density at radius 2 is 2.06 bits per heavy atom. The third-order valence-corrected chi connectivity index (χ3v) is 3.99. The van der Waals surface area contributed by atoms with Crippen LogP contribution in [-0.2, 0) is 4.79 Å². The molecular weight excluding hydrogens is 220 g/mol. The fourth-order valence-electron chi connectivity index (χ4n) is 1.83. The van der Waals surface area contributed by atoms with Gasteiger partial charge in [-0.3, -0.25) is 9.69 Å². The van der Waals surface area contributed by atoms with Gasteiger partial charge in [-0.05, 0) is 39.9 Å². The molecule has 4 heteroatoms. The highest BCUT2D eigenvalue weighted by atomic mass is 32.2.